The summed E-state index contributed by atoms with van der Waals surface area (Å²) in [6.07, 6.45) is 6.23. The van der Waals surface area contributed by atoms with Crippen LogP contribution in [-0.2, 0) is 32.1 Å². The number of rotatable bonds is 17. The van der Waals surface area contributed by atoms with E-state index in [0.29, 0.717) is 37.1 Å². The molecule has 3 atom stereocenters. The molecule has 2 aliphatic rings. The molecule has 314 valence electrons. The minimum Gasteiger partial charge on any atom is -0.497 e. The number of alkyl halides is 3. The average molecular weight is 803 g/mol. The highest BCUT2D eigenvalue weighted by Gasteiger charge is 2.39. The van der Waals surface area contributed by atoms with Gasteiger partial charge in [-0.1, -0.05) is 74.9 Å². The predicted molar refractivity (Wildman–Crippen MR) is 210 cm³/mol. The van der Waals surface area contributed by atoms with Crippen LogP contribution in [0.5, 0.6) is 5.75 Å². The molecule has 0 radical (unpaired) electrons. The lowest BCUT2D eigenvalue weighted by Crippen LogP contribution is -2.57. The van der Waals surface area contributed by atoms with Crippen molar-refractivity contribution in [3.63, 3.8) is 0 Å². The molecule has 0 aromatic heterocycles. The molecule has 2 aliphatic carbocycles. The van der Waals surface area contributed by atoms with E-state index in [9.17, 15) is 27.6 Å². The van der Waals surface area contributed by atoms with Crippen LogP contribution in [0.25, 0.3) is 0 Å². The number of nitrogen functional groups attached to an aromatic ring is 1. The van der Waals surface area contributed by atoms with Crippen molar-refractivity contribution in [2.45, 2.75) is 108 Å². The number of nitrogens with one attached hydrogen (secondary N) is 4. The molecular formula is C40H57F3N8O6. The van der Waals surface area contributed by atoms with Crippen molar-refractivity contribution in [3.8, 4) is 5.75 Å². The second-order valence-electron chi connectivity index (χ2n) is 14.6. The zero-order valence-corrected chi connectivity index (χ0v) is 32.4. The number of halogens is 3. The molecule has 2 aromatic carbocycles. The van der Waals surface area contributed by atoms with Crippen LogP contribution in [0.15, 0.2) is 53.5 Å². The molecule has 57 heavy (non-hydrogen) atoms. The summed E-state index contributed by atoms with van der Waals surface area (Å²) in [6.45, 7) is 0.576. The first-order chi connectivity index (χ1) is 27.1. The normalized spacial score (nSPS) is 16.4. The van der Waals surface area contributed by atoms with Crippen LogP contribution in [-0.4, -0.2) is 72.5 Å². The Kier molecular flexibility index (Phi) is 18.6. The van der Waals surface area contributed by atoms with E-state index < -0.39 is 24.2 Å². The summed E-state index contributed by atoms with van der Waals surface area (Å²) in [5, 5.41) is 24.1. The second kappa shape index (κ2) is 23.0. The minimum atomic E-state index is -5.08. The van der Waals surface area contributed by atoms with E-state index >= 15 is 0 Å². The fraction of sp³-hybridized carbons (Fsp3) is 0.550. The summed E-state index contributed by atoms with van der Waals surface area (Å²) in [5.41, 5.74) is 19.2. The van der Waals surface area contributed by atoms with E-state index in [2.05, 4.69) is 20.9 Å². The van der Waals surface area contributed by atoms with Gasteiger partial charge in [-0.25, -0.2) is 4.79 Å². The molecule has 17 heteroatoms. The fourth-order valence-corrected chi connectivity index (χ4v) is 7.34. The largest absolute Gasteiger partial charge is 0.497 e. The number of amidine groups is 1. The number of hydrogen-bond acceptors (Lipinski definition) is 7. The monoisotopic (exact) mass is 802 g/mol. The van der Waals surface area contributed by atoms with Crippen molar-refractivity contribution < 1.29 is 42.2 Å². The highest BCUT2D eigenvalue weighted by Crippen LogP contribution is 2.33. The lowest BCUT2D eigenvalue weighted by molar-refractivity contribution is -0.192. The number of hydrogen-bond donors (Lipinski definition) is 8. The maximum atomic E-state index is 14.3. The maximum absolute atomic E-state index is 14.3. The number of carboxylic acid groups (broad SMARTS) is 1. The number of carboxylic acids is 1. The molecule has 14 nitrogen and oxygen atoms in total. The number of aliphatic imine (C=N–C) groups is 1. The van der Waals surface area contributed by atoms with Crippen LogP contribution in [0.2, 0.25) is 0 Å². The Hall–Kier alpha value is -5.35. The summed E-state index contributed by atoms with van der Waals surface area (Å²) in [7, 11) is 1.59. The van der Waals surface area contributed by atoms with E-state index in [1.165, 1.54) is 0 Å². The number of nitrogens with zero attached hydrogens (tertiary/aromatic N) is 1. The van der Waals surface area contributed by atoms with Crippen molar-refractivity contribution in [1.82, 2.24) is 16.0 Å². The number of carbonyl (C=O) groups is 4. The van der Waals surface area contributed by atoms with Crippen LogP contribution < -0.4 is 37.9 Å². The third kappa shape index (κ3) is 16.0. The minimum absolute atomic E-state index is 0.00276. The highest BCUT2D eigenvalue weighted by molar-refractivity contribution is 5.95. The number of carbonyl (C=O) groups excluding carboxylic acids is 3. The Morgan fingerprint density at radius 3 is 2.00 bits per heavy atom. The molecule has 3 unspecified atom stereocenters. The van der Waals surface area contributed by atoms with Gasteiger partial charge in [-0.3, -0.25) is 24.8 Å². The number of guanidine groups is 1. The third-order valence-corrected chi connectivity index (χ3v) is 10.4. The topological polar surface area (TPSA) is 248 Å². The quantitative estimate of drug-likeness (QED) is 0.0646. The predicted octanol–water partition coefficient (Wildman–Crippen LogP) is 4.27. The smallest absolute Gasteiger partial charge is 0.490 e. The van der Waals surface area contributed by atoms with Gasteiger partial charge in [0.2, 0.25) is 17.7 Å². The van der Waals surface area contributed by atoms with Gasteiger partial charge in [0.1, 0.15) is 23.7 Å². The van der Waals surface area contributed by atoms with Gasteiger partial charge >= 0.3 is 12.1 Å². The van der Waals surface area contributed by atoms with Gasteiger partial charge in [0.05, 0.1) is 7.11 Å². The molecule has 0 spiro atoms. The van der Waals surface area contributed by atoms with Crippen LogP contribution >= 0.6 is 0 Å². The van der Waals surface area contributed by atoms with Crippen molar-refractivity contribution in [1.29, 1.82) is 5.41 Å². The van der Waals surface area contributed by atoms with E-state index in [1.807, 2.05) is 48.5 Å². The first kappa shape index (κ1) is 46.0. The van der Waals surface area contributed by atoms with E-state index in [4.69, 9.17) is 37.2 Å². The molecule has 0 aliphatic heterocycles. The van der Waals surface area contributed by atoms with E-state index in [-0.39, 0.29) is 53.8 Å². The number of ether oxygens (including phenoxy) is 1. The number of amides is 3. The average Bonchev–Trinajstić information content (AvgIpc) is 3.19. The van der Waals surface area contributed by atoms with Crippen molar-refractivity contribution >= 4 is 35.5 Å². The maximum Gasteiger partial charge on any atom is 0.490 e. The lowest BCUT2D eigenvalue weighted by Gasteiger charge is -2.34. The first-order valence-electron chi connectivity index (χ1n) is 19.4. The number of methoxy groups -OCH3 is 1. The van der Waals surface area contributed by atoms with Gasteiger partial charge in [-0.2, -0.15) is 13.2 Å². The van der Waals surface area contributed by atoms with Gasteiger partial charge < -0.3 is 43.0 Å². The van der Waals surface area contributed by atoms with Crippen LogP contribution in [0.1, 0.15) is 93.7 Å². The Bertz CT molecular complexity index is 1660. The number of nitrogens with two attached hydrogens (primary N) is 3. The summed E-state index contributed by atoms with van der Waals surface area (Å²) in [4.78, 5) is 55.1. The van der Waals surface area contributed by atoms with Gasteiger partial charge in [-0.15, -0.1) is 0 Å². The third-order valence-electron chi connectivity index (χ3n) is 10.4. The Labute approximate surface area is 331 Å². The molecule has 11 N–H and O–H groups in total. The molecule has 0 heterocycles. The standard InChI is InChI=1S/C38H56N8O4.C2HF3O2/c1-50-30-15-8-10-26(22-30)24-44-36(48)32(16-9-21-43-38(41)42)45-37(49)33(28-13-6-3-7-14-28)46-35(47)31(27-11-4-2-5-12-27)23-25-17-19-29(20-18-25)34(39)40;3-2(4,5)1(6)7/h8,10,15,17-20,22,27-28,31-33H,2-7,9,11-14,16,21,23-24H2,1H3,(H3,39,40)(H,44,48)(H,45,49)(H,46,47)(H4,41,42,43);(H,6,7). The molecular weight excluding hydrogens is 745 g/mol. The van der Waals surface area contributed by atoms with Gasteiger partial charge in [-0.05, 0) is 80.0 Å². The van der Waals surface area contributed by atoms with E-state index in [1.54, 1.807) is 7.11 Å². The Balaban J connectivity index is 0.00000113. The summed E-state index contributed by atoms with van der Waals surface area (Å²) >= 11 is 0. The number of aliphatic carboxylic acids is 1. The molecule has 4 rings (SSSR count). The Morgan fingerprint density at radius 2 is 1.46 bits per heavy atom. The van der Waals surface area contributed by atoms with Crippen molar-refractivity contribution in [2.75, 3.05) is 13.7 Å². The second-order valence-corrected chi connectivity index (χ2v) is 14.6. The summed E-state index contributed by atoms with van der Waals surface area (Å²) < 4.78 is 37.1. The van der Waals surface area contributed by atoms with Crippen LogP contribution in [0.3, 0.4) is 0 Å². The highest BCUT2D eigenvalue weighted by atomic mass is 19.4. The van der Waals surface area contributed by atoms with Gasteiger partial charge in [0.25, 0.3) is 0 Å². The van der Waals surface area contributed by atoms with Crippen LogP contribution in [0, 0.1) is 23.2 Å². The zero-order chi connectivity index (χ0) is 42.0. The summed E-state index contributed by atoms with van der Waals surface area (Å²) in [5.74, 6) is -3.02. The summed E-state index contributed by atoms with van der Waals surface area (Å²) in [6, 6.07) is 13.3. The van der Waals surface area contributed by atoms with Gasteiger partial charge in [0, 0.05) is 24.6 Å². The van der Waals surface area contributed by atoms with Crippen molar-refractivity contribution in [2.24, 2.45) is 39.9 Å². The molecule has 0 saturated heterocycles. The SMILES string of the molecule is COc1cccc(CNC(=O)C(CCCN=C(N)N)NC(=O)C(NC(=O)C(Cc2ccc(C(=N)N)cc2)C2CCCCC2)C2CCCCC2)c1.O=C(O)C(F)(F)F. The molecule has 3 amide bonds. The van der Waals surface area contributed by atoms with Crippen molar-refractivity contribution in [3.05, 3.63) is 65.2 Å². The first-order valence-corrected chi connectivity index (χ1v) is 19.4. The lowest BCUT2D eigenvalue weighted by atomic mass is 9.76. The molecule has 0 bridgehead atoms. The van der Waals surface area contributed by atoms with Crippen LogP contribution in [0.4, 0.5) is 13.2 Å². The Morgan fingerprint density at radius 1 is 0.860 bits per heavy atom. The zero-order valence-electron chi connectivity index (χ0n) is 32.4. The molecule has 2 aromatic rings. The molecule has 2 saturated carbocycles. The number of benzene rings is 2. The molecule has 2 fully saturated rings. The fourth-order valence-electron chi connectivity index (χ4n) is 7.34. The van der Waals surface area contributed by atoms with Gasteiger partial charge in [0.15, 0.2) is 5.96 Å². The van der Waals surface area contributed by atoms with E-state index in [0.717, 1.165) is 75.3 Å².